The molecule has 0 spiro atoms. The van der Waals surface area contributed by atoms with Crippen LogP contribution in [-0.4, -0.2) is 85.8 Å². The number of esters is 2. The summed E-state index contributed by atoms with van der Waals surface area (Å²) in [4.78, 5) is 54.1. The first-order valence-electron chi connectivity index (χ1n) is 16.1. The van der Waals surface area contributed by atoms with E-state index in [9.17, 15) is 19.2 Å². The minimum Gasteiger partial charge on any atom is -0.469 e. The number of quaternary nitrogens is 1. The second-order valence-electron chi connectivity index (χ2n) is 13.6. The van der Waals surface area contributed by atoms with E-state index in [2.05, 4.69) is 15.5 Å². The third-order valence-corrected chi connectivity index (χ3v) is 11.7. The lowest BCUT2D eigenvalue weighted by atomic mass is 9.66. The quantitative estimate of drug-likeness (QED) is 0.456. The Kier molecular flexibility index (Phi) is 8.33. The first-order chi connectivity index (χ1) is 19.8. The molecular formula is C31H48N3O7+. The van der Waals surface area contributed by atoms with Gasteiger partial charge in [0.25, 0.3) is 0 Å². The molecule has 0 aromatic rings. The fourth-order valence-corrected chi connectivity index (χ4v) is 9.89. The van der Waals surface area contributed by atoms with Crippen LogP contribution < -0.4 is 10.6 Å². The molecule has 10 heteroatoms. The summed E-state index contributed by atoms with van der Waals surface area (Å²) in [5, 5.41) is 5.56. The lowest BCUT2D eigenvalue weighted by Crippen LogP contribution is -2.98. The number of piperidine rings is 2. The van der Waals surface area contributed by atoms with Crippen LogP contribution in [0, 0.1) is 35.5 Å². The van der Waals surface area contributed by atoms with Gasteiger partial charge in [-0.15, -0.1) is 0 Å². The molecule has 3 heterocycles. The van der Waals surface area contributed by atoms with Crippen LogP contribution in [0.3, 0.4) is 0 Å². The molecule has 0 aromatic heterocycles. The summed E-state index contributed by atoms with van der Waals surface area (Å²) in [7, 11) is 2.71. The standard InChI is InChI=1S/C31H47N3O7/c1-16(28(35)33-24-14-17(30(37)39-2)8-10-22(24)31(38)40-3)41-18-9-11-25-23(15-18)20-12-13-32-26-19-6-4-5-7-21(19)29(36)34(25)27(20)26/h16-27,32H,4-15H2,1-3H3,(H,33,35)/p+1/t16-,17?,18?,19?,20?,21?,22?,23?,24?,25?,26?,27?/m1/s1. The van der Waals surface area contributed by atoms with Crippen molar-refractivity contribution in [3.05, 3.63) is 0 Å². The van der Waals surface area contributed by atoms with Crippen LogP contribution in [0.5, 0.6) is 0 Å². The summed E-state index contributed by atoms with van der Waals surface area (Å²) in [6.07, 6.45) is 9.07. The number of hydrogen-bond acceptors (Lipinski definition) is 7. The predicted octanol–water partition coefficient (Wildman–Crippen LogP) is 1.16. The highest BCUT2D eigenvalue weighted by Crippen LogP contribution is 2.53. The van der Waals surface area contributed by atoms with Crippen LogP contribution >= 0.6 is 0 Å². The third kappa shape index (κ3) is 5.17. The van der Waals surface area contributed by atoms with E-state index in [-0.39, 0.29) is 35.8 Å². The molecule has 12 atom stereocenters. The van der Waals surface area contributed by atoms with Gasteiger partial charge in [0.1, 0.15) is 12.1 Å². The SMILES string of the molecule is COC(=O)C1CCC(C(=O)OC)C(NC(=O)[C@@H](C)OC2CCC3C(C2)C2CC[NH2+]C4C5CCCCC5C(=O)N3C24)C1. The maximum Gasteiger partial charge on any atom is 0.310 e. The molecule has 10 nitrogen and oxygen atoms in total. The van der Waals surface area contributed by atoms with Crippen molar-refractivity contribution in [3.63, 3.8) is 0 Å². The molecule has 0 bridgehead atoms. The van der Waals surface area contributed by atoms with Crippen LogP contribution in [0.1, 0.15) is 77.6 Å². The number of ether oxygens (including phenoxy) is 3. The molecule has 2 amide bonds. The van der Waals surface area contributed by atoms with E-state index in [1.54, 1.807) is 6.92 Å². The lowest BCUT2D eigenvalue weighted by Gasteiger charge is -2.50. The Morgan fingerprint density at radius 1 is 0.902 bits per heavy atom. The van der Waals surface area contributed by atoms with E-state index < -0.39 is 18.1 Å². The molecule has 6 rings (SSSR count). The molecule has 3 N–H and O–H groups in total. The van der Waals surface area contributed by atoms with Crippen molar-refractivity contribution in [1.29, 1.82) is 0 Å². The number of carbonyl (C=O) groups is 4. The monoisotopic (exact) mass is 574 g/mol. The van der Waals surface area contributed by atoms with Gasteiger partial charge in [0.15, 0.2) is 0 Å². The molecule has 6 fully saturated rings. The molecule has 3 aliphatic heterocycles. The molecular weight excluding hydrogens is 526 g/mol. The summed E-state index contributed by atoms with van der Waals surface area (Å²) >= 11 is 0. The fourth-order valence-electron chi connectivity index (χ4n) is 9.89. The minimum absolute atomic E-state index is 0.0364. The Hall–Kier alpha value is -2.20. The lowest BCUT2D eigenvalue weighted by molar-refractivity contribution is -0.713. The van der Waals surface area contributed by atoms with E-state index in [0.717, 1.165) is 38.6 Å². The van der Waals surface area contributed by atoms with Crippen LogP contribution in [0.25, 0.3) is 0 Å². The smallest absolute Gasteiger partial charge is 0.310 e. The molecule has 3 saturated heterocycles. The van der Waals surface area contributed by atoms with Gasteiger partial charge in [0, 0.05) is 30.3 Å². The van der Waals surface area contributed by atoms with Gasteiger partial charge in [-0.05, 0) is 70.1 Å². The first kappa shape index (κ1) is 28.9. The van der Waals surface area contributed by atoms with Crippen molar-refractivity contribution in [2.45, 2.75) is 114 Å². The zero-order chi connectivity index (χ0) is 28.8. The van der Waals surface area contributed by atoms with E-state index in [4.69, 9.17) is 14.2 Å². The maximum atomic E-state index is 13.8. The highest BCUT2D eigenvalue weighted by Gasteiger charge is 2.63. The van der Waals surface area contributed by atoms with Gasteiger partial charge in [-0.25, -0.2) is 0 Å². The Bertz CT molecular complexity index is 1040. The van der Waals surface area contributed by atoms with Crippen molar-refractivity contribution >= 4 is 23.8 Å². The topological polar surface area (TPSA) is 128 Å². The highest BCUT2D eigenvalue weighted by atomic mass is 16.5. The van der Waals surface area contributed by atoms with Crippen LogP contribution in [0.4, 0.5) is 0 Å². The molecule has 11 unspecified atom stereocenters. The number of nitrogens with one attached hydrogen (secondary N) is 1. The number of nitrogens with zero attached hydrogens (tertiary/aromatic N) is 1. The van der Waals surface area contributed by atoms with Gasteiger partial charge in [-0.1, -0.05) is 12.8 Å². The summed E-state index contributed by atoms with van der Waals surface area (Å²) in [6.45, 7) is 2.91. The first-order valence-corrected chi connectivity index (χ1v) is 16.1. The normalized spacial score (nSPS) is 42.3. The number of fused-ring (bicyclic) bond motifs is 5. The van der Waals surface area contributed by atoms with Crippen molar-refractivity contribution in [3.8, 4) is 0 Å². The summed E-state index contributed by atoms with van der Waals surface area (Å²) < 4.78 is 16.3. The van der Waals surface area contributed by atoms with Crippen molar-refractivity contribution in [2.24, 2.45) is 35.5 Å². The Morgan fingerprint density at radius 3 is 2.46 bits per heavy atom. The number of methoxy groups -OCH3 is 2. The highest BCUT2D eigenvalue weighted by molar-refractivity contribution is 5.83. The molecule has 0 aromatic carbocycles. The Balaban J connectivity index is 1.10. The molecule has 41 heavy (non-hydrogen) atoms. The average Bonchev–Trinajstić information content (AvgIpc) is 3.33. The number of nitrogens with two attached hydrogens (primary N) is 1. The van der Waals surface area contributed by atoms with Gasteiger partial charge in [-0.2, -0.15) is 0 Å². The summed E-state index contributed by atoms with van der Waals surface area (Å²) in [6, 6.07) is 0.690. The van der Waals surface area contributed by atoms with E-state index >= 15 is 0 Å². The molecule has 228 valence electrons. The minimum atomic E-state index is -0.686. The van der Waals surface area contributed by atoms with E-state index in [1.165, 1.54) is 33.5 Å². The molecule has 6 aliphatic rings. The maximum absolute atomic E-state index is 13.8. The second kappa shape index (κ2) is 11.8. The van der Waals surface area contributed by atoms with Crippen molar-refractivity contribution < 1.29 is 38.7 Å². The number of carbonyl (C=O) groups excluding carboxylic acids is 4. The Morgan fingerprint density at radius 2 is 1.68 bits per heavy atom. The van der Waals surface area contributed by atoms with Gasteiger partial charge >= 0.3 is 11.9 Å². The van der Waals surface area contributed by atoms with E-state index in [0.29, 0.717) is 61.0 Å². The molecule has 3 aliphatic carbocycles. The number of amides is 2. The zero-order valence-electron chi connectivity index (χ0n) is 24.8. The van der Waals surface area contributed by atoms with Crippen LogP contribution in [0.15, 0.2) is 0 Å². The molecule has 0 radical (unpaired) electrons. The zero-order valence-corrected chi connectivity index (χ0v) is 24.8. The summed E-state index contributed by atoms with van der Waals surface area (Å²) in [5.74, 6) is 0.297. The Labute approximate surface area is 242 Å². The third-order valence-electron chi connectivity index (χ3n) is 11.7. The number of rotatable bonds is 6. The largest absolute Gasteiger partial charge is 0.469 e. The van der Waals surface area contributed by atoms with E-state index in [1.807, 2.05) is 0 Å². The average molecular weight is 575 g/mol. The predicted molar refractivity (Wildman–Crippen MR) is 147 cm³/mol. The van der Waals surface area contributed by atoms with Crippen LogP contribution in [0.2, 0.25) is 0 Å². The molecule has 3 saturated carbocycles. The number of hydrogen-bond donors (Lipinski definition) is 2. The van der Waals surface area contributed by atoms with Crippen molar-refractivity contribution in [2.75, 3.05) is 20.8 Å². The van der Waals surface area contributed by atoms with Gasteiger partial charge in [-0.3, -0.25) is 19.2 Å². The van der Waals surface area contributed by atoms with Gasteiger partial charge in [0.2, 0.25) is 11.8 Å². The van der Waals surface area contributed by atoms with Gasteiger partial charge < -0.3 is 29.7 Å². The summed E-state index contributed by atoms with van der Waals surface area (Å²) in [5.41, 5.74) is 0. The fraction of sp³-hybridized carbons (Fsp3) is 0.871. The van der Waals surface area contributed by atoms with Crippen LogP contribution in [-0.2, 0) is 33.4 Å². The van der Waals surface area contributed by atoms with Crippen molar-refractivity contribution in [1.82, 2.24) is 10.2 Å². The second-order valence-corrected chi connectivity index (χ2v) is 13.6. The van der Waals surface area contributed by atoms with Gasteiger partial charge in [0.05, 0.1) is 44.7 Å².